The maximum absolute atomic E-state index is 13.6. The molecule has 0 aliphatic carbocycles. The molecule has 1 fully saturated rings. The van der Waals surface area contributed by atoms with Crippen LogP contribution in [0.1, 0.15) is 12.0 Å². The first-order valence-electron chi connectivity index (χ1n) is 5.85. The molecule has 110 valence electrons. The van der Waals surface area contributed by atoms with E-state index in [9.17, 15) is 17.6 Å². The third kappa shape index (κ3) is 3.51. The van der Waals surface area contributed by atoms with Crippen molar-refractivity contribution in [1.82, 2.24) is 0 Å². The first kappa shape index (κ1) is 15.7. The molecule has 8 heteroatoms. The molecule has 1 aliphatic rings. The van der Waals surface area contributed by atoms with Crippen LogP contribution in [0.4, 0.5) is 10.1 Å². The summed E-state index contributed by atoms with van der Waals surface area (Å²) in [4.78, 5) is 13.4. The van der Waals surface area contributed by atoms with Crippen molar-refractivity contribution in [3.63, 3.8) is 0 Å². The van der Waals surface area contributed by atoms with E-state index in [1.165, 1.54) is 11.0 Å². The number of hydrogen-bond acceptors (Lipinski definition) is 3. The third-order valence-corrected chi connectivity index (χ3v) is 5.02. The highest BCUT2D eigenvalue weighted by Crippen LogP contribution is 2.32. The molecule has 1 unspecified atom stereocenters. The second kappa shape index (κ2) is 5.61. The third-order valence-electron chi connectivity index (χ3n) is 3.17. The number of aryl methyl sites for hydroxylation is 1. The van der Waals surface area contributed by atoms with Crippen molar-refractivity contribution in [3.05, 3.63) is 28.0 Å². The molecule has 0 N–H and O–H groups in total. The van der Waals surface area contributed by atoms with Crippen LogP contribution in [-0.4, -0.2) is 26.6 Å². The smallest absolute Gasteiger partial charge is 0.232 e. The van der Waals surface area contributed by atoms with E-state index in [1.807, 2.05) is 0 Å². The number of amides is 1. The van der Waals surface area contributed by atoms with Crippen LogP contribution in [0.25, 0.3) is 0 Å². The van der Waals surface area contributed by atoms with Crippen LogP contribution < -0.4 is 4.90 Å². The van der Waals surface area contributed by atoms with Gasteiger partial charge < -0.3 is 4.90 Å². The maximum Gasteiger partial charge on any atom is 0.232 e. The van der Waals surface area contributed by atoms with E-state index in [2.05, 4.69) is 15.9 Å². The van der Waals surface area contributed by atoms with Gasteiger partial charge in [0.25, 0.3) is 0 Å². The molecular formula is C12H12BrClFNO3S. The lowest BCUT2D eigenvalue weighted by atomic mass is 10.1. The Hall–Kier alpha value is -0.660. The van der Waals surface area contributed by atoms with E-state index in [-0.39, 0.29) is 30.5 Å². The van der Waals surface area contributed by atoms with Crippen LogP contribution in [-0.2, 0) is 13.8 Å². The zero-order valence-corrected chi connectivity index (χ0v) is 13.7. The number of carbonyl (C=O) groups excluding carboxylic acids is 1. The van der Waals surface area contributed by atoms with Crippen LogP contribution in [0.3, 0.4) is 0 Å². The first-order chi connectivity index (χ1) is 9.17. The summed E-state index contributed by atoms with van der Waals surface area (Å²) in [6, 6.07) is 2.86. The Kier molecular flexibility index (Phi) is 4.41. The highest BCUT2D eigenvalue weighted by molar-refractivity contribution is 9.10. The van der Waals surface area contributed by atoms with Gasteiger partial charge in [-0.25, -0.2) is 12.8 Å². The number of anilines is 1. The predicted molar refractivity (Wildman–Crippen MR) is 78.9 cm³/mol. The van der Waals surface area contributed by atoms with Gasteiger partial charge in [-0.05, 0) is 40.5 Å². The van der Waals surface area contributed by atoms with E-state index in [1.54, 1.807) is 13.0 Å². The van der Waals surface area contributed by atoms with Gasteiger partial charge in [0, 0.05) is 35.3 Å². The van der Waals surface area contributed by atoms with Crippen LogP contribution in [0.2, 0.25) is 0 Å². The Morgan fingerprint density at radius 1 is 1.50 bits per heavy atom. The molecular weight excluding hydrogens is 373 g/mol. The molecule has 1 atom stereocenters. The molecule has 4 nitrogen and oxygen atoms in total. The van der Waals surface area contributed by atoms with Gasteiger partial charge in [0.05, 0.1) is 10.2 Å². The van der Waals surface area contributed by atoms with E-state index in [0.29, 0.717) is 10.2 Å². The summed E-state index contributed by atoms with van der Waals surface area (Å²) in [6.07, 6.45) is 0.100. The Morgan fingerprint density at radius 2 is 2.15 bits per heavy atom. The molecule has 1 aliphatic heterocycles. The van der Waals surface area contributed by atoms with Crippen molar-refractivity contribution < 1.29 is 17.6 Å². The van der Waals surface area contributed by atoms with Crippen LogP contribution in [0.15, 0.2) is 16.6 Å². The molecule has 1 amide bonds. The maximum atomic E-state index is 13.6. The Balaban J connectivity index is 2.26. The predicted octanol–water partition coefficient (Wildman–Crippen LogP) is 2.82. The largest absolute Gasteiger partial charge is 0.312 e. The van der Waals surface area contributed by atoms with E-state index in [4.69, 9.17) is 10.7 Å². The second-order valence-electron chi connectivity index (χ2n) is 4.83. The summed E-state index contributed by atoms with van der Waals surface area (Å²) in [5.41, 5.74) is 1.20. The van der Waals surface area contributed by atoms with E-state index in [0.717, 1.165) is 5.56 Å². The van der Waals surface area contributed by atoms with Crippen LogP contribution >= 0.6 is 26.6 Å². The molecule has 2 rings (SSSR count). The van der Waals surface area contributed by atoms with Gasteiger partial charge in [-0.3, -0.25) is 4.79 Å². The minimum absolute atomic E-state index is 0.100. The quantitative estimate of drug-likeness (QED) is 0.753. The molecule has 0 radical (unpaired) electrons. The van der Waals surface area contributed by atoms with Crippen molar-refractivity contribution in [2.45, 2.75) is 13.3 Å². The lowest BCUT2D eigenvalue weighted by Gasteiger charge is -2.19. The molecule has 0 saturated carbocycles. The summed E-state index contributed by atoms with van der Waals surface area (Å²) in [7, 11) is 1.56. The zero-order valence-electron chi connectivity index (χ0n) is 10.6. The molecule has 1 aromatic carbocycles. The normalized spacial score (nSPS) is 19.7. The number of carbonyl (C=O) groups is 1. The Bertz CT molecular complexity index is 665. The molecule has 0 spiro atoms. The summed E-state index contributed by atoms with van der Waals surface area (Å²) in [5, 5.41) is 0. The second-order valence-corrected chi connectivity index (χ2v) is 8.51. The average molecular weight is 385 g/mol. The standard InChI is InChI=1S/C12H12BrClFNO3S/c1-7-2-9(13)10(15)4-11(7)16-5-8(3-12(16)17)6-20(14,18)19/h2,4,8H,3,5-6H2,1H3. The number of benzene rings is 1. The summed E-state index contributed by atoms with van der Waals surface area (Å²) < 4.78 is 36.1. The average Bonchev–Trinajstić information content (AvgIpc) is 2.62. The number of rotatable bonds is 3. The molecule has 20 heavy (non-hydrogen) atoms. The van der Waals surface area contributed by atoms with Gasteiger partial charge in [-0.2, -0.15) is 0 Å². The lowest BCUT2D eigenvalue weighted by Crippen LogP contribution is -2.26. The molecule has 1 heterocycles. The number of halogens is 3. The summed E-state index contributed by atoms with van der Waals surface area (Å²) in [6.45, 7) is 1.99. The lowest BCUT2D eigenvalue weighted by molar-refractivity contribution is -0.117. The van der Waals surface area contributed by atoms with Crippen molar-refractivity contribution >= 4 is 47.3 Å². The topological polar surface area (TPSA) is 54.5 Å². The van der Waals surface area contributed by atoms with Gasteiger partial charge in [0.15, 0.2) is 0 Å². The fraction of sp³-hybridized carbons (Fsp3) is 0.417. The number of nitrogens with zero attached hydrogens (tertiary/aromatic N) is 1. The van der Waals surface area contributed by atoms with E-state index < -0.39 is 14.9 Å². The van der Waals surface area contributed by atoms with Crippen molar-refractivity contribution in [1.29, 1.82) is 0 Å². The van der Waals surface area contributed by atoms with Crippen molar-refractivity contribution in [2.24, 2.45) is 5.92 Å². The minimum Gasteiger partial charge on any atom is -0.312 e. The van der Waals surface area contributed by atoms with Gasteiger partial charge in [-0.1, -0.05) is 0 Å². The van der Waals surface area contributed by atoms with Crippen molar-refractivity contribution in [3.8, 4) is 0 Å². The highest BCUT2D eigenvalue weighted by atomic mass is 79.9. The van der Waals surface area contributed by atoms with E-state index >= 15 is 0 Å². The Labute approximate surface area is 129 Å². The molecule has 1 saturated heterocycles. The molecule has 0 aromatic heterocycles. The molecule has 0 bridgehead atoms. The fourth-order valence-corrected chi connectivity index (χ4v) is 4.11. The van der Waals surface area contributed by atoms with Gasteiger partial charge >= 0.3 is 0 Å². The fourth-order valence-electron chi connectivity index (χ4n) is 2.33. The van der Waals surface area contributed by atoms with Gasteiger partial charge in [-0.15, -0.1) is 0 Å². The summed E-state index contributed by atoms with van der Waals surface area (Å²) in [5.74, 6) is -1.31. The zero-order chi connectivity index (χ0) is 15.1. The summed E-state index contributed by atoms with van der Waals surface area (Å²) >= 11 is 3.08. The van der Waals surface area contributed by atoms with Gasteiger partial charge in [0.2, 0.25) is 15.0 Å². The van der Waals surface area contributed by atoms with Crippen LogP contribution in [0.5, 0.6) is 0 Å². The van der Waals surface area contributed by atoms with Crippen LogP contribution in [0, 0.1) is 18.7 Å². The number of hydrogen-bond donors (Lipinski definition) is 0. The molecule has 1 aromatic rings. The monoisotopic (exact) mass is 383 g/mol. The van der Waals surface area contributed by atoms with Gasteiger partial charge in [0.1, 0.15) is 5.82 Å². The first-order valence-corrected chi connectivity index (χ1v) is 9.13. The minimum atomic E-state index is -3.65. The highest BCUT2D eigenvalue weighted by Gasteiger charge is 2.34. The van der Waals surface area contributed by atoms with Crippen molar-refractivity contribution in [2.75, 3.05) is 17.2 Å². The SMILES string of the molecule is Cc1cc(Br)c(F)cc1N1CC(CS(=O)(=O)Cl)CC1=O. The Morgan fingerprint density at radius 3 is 2.75 bits per heavy atom.